The number of hydrogen-bond donors (Lipinski definition) is 0. The molecular weight excluding hydrogens is 853 g/mol. The monoisotopic (exact) mass is 904 g/mol. The van der Waals surface area contributed by atoms with Crippen LogP contribution in [0.3, 0.4) is 0 Å². The fraction of sp³-hybridized carbons (Fsp3) is 0.0141. The molecule has 0 unspecified atom stereocenters. The quantitative estimate of drug-likeness (QED) is 0.0799. The zero-order chi connectivity index (χ0) is 47.6. The normalized spacial score (nSPS) is 10.9. The van der Waals surface area contributed by atoms with Crippen molar-refractivity contribution in [2.24, 2.45) is 0 Å². The van der Waals surface area contributed by atoms with Crippen LogP contribution in [0.4, 0.5) is 0 Å². The third kappa shape index (κ3) is 9.79. The molecule has 0 saturated carbocycles. The average molecular weight is 905 g/mol. The molecule has 336 valence electrons. The van der Waals surface area contributed by atoms with Crippen molar-refractivity contribution in [1.82, 2.24) is 0 Å². The van der Waals surface area contributed by atoms with Crippen molar-refractivity contribution < 1.29 is 0 Å². The number of benzene rings is 11. The highest BCUT2D eigenvalue weighted by molar-refractivity contribution is 6.06. The molecule has 0 aliphatic rings. The molecule has 0 nitrogen and oxygen atoms in total. The summed E-state index contributed by atoms with van der Waals surface area (Å²) in [6, 6.07) is 112. The van der Waals surface area contributed by atoms with E-state index in [-0.39, 0.29) is 5.92 Å². The Morgan fingerprint density at radius 2 is 0.324 bits per heavy atom. The second-order valence-electron chi connectivity index (χ2n) is 17.9. The van der Waals surface area contributed by atoms with Gasteiger partial charge in [-0.05, 0) is 106 Å². The summed E-state index contributed by atoms with van der Waals surface area (Å²) < 4.78 is 0. The van der Waals surface area contributed by atoms with E-state index in [4.69, 9.17) is 0 Å². The van der Waals surface area contributed by atoms with Crippen LogP contribution >= 0.6 is 0 Å². The van der Waals surface area contributed by atoms with Crippen LogP contribution in [0, 0.1) is 0 Å². The largest absolute Gasteiger partial charge is 0.0622 e. The van der Waals surface area contributed by atoms with Gasteiger partial charge in [0.15, 0.2) is 0 Å². The van der Waals surface area contributed by atoms with E-state index in [1.54, 1.807) is 0 Å². The van der Waals surface area contributed by atoms with Gasteiger partial charge >= 0.3 is 0 Å². The lowest BCUT2D eigenvalue weighted by Gasteiger charge is -2.20. The van der Waals surface area contributed by atoms with Gasteiger partial charge in [0.25, 0.3) is 0 Å². The summed E-state index contributed by atoms with van der Waals surface area (Å²) in [4.78, 5) is 0. The van der Waals surface area contributed by atoms with Gasteiger partial charge in [-0.15, -0.1) is 0 Å². The molecule has 0 aliphatic heterocycles. The predicted molar refractivity (Wildman–Crippen MR) is 300 cm³/mol. The molecule has 0 bridgehead atoms. The Kier molecular flexibility index (Phi) is 13.2. The fourth-order valence-electron chi connectivity index (χ4n) is 10.1. The Balaban J connectivity index is 0.900. The van der Waals surface area contributed by atoms with E-state index in [0.717, 1.165) is 0 Å². The van der Waals surface area contributed by atoms with Crippen LogP contribution in [-0.4, -0.2) is 0 Å². The van der Waals surface area contributed by atoms with Crippen molar-refractivity contribution in [3.05, 3.63) is 371 Å². The molecule has 0 N–H and O–H groups in total. The van der Waals surface area contributed by atoms with Crippen molar-refractivity contribution in [2.45, 2.75) is 5.92 Å². The first kappa shape index (κ1) is 44.4. The van der Waals surface area contributed by atoms with Crippen molar-refractivity contribution in [3.63, 3.8) is 0 Å². The van der Waals surface area contributed by atoms with Crippen LogP contribution in [0.25, 0.3) is 44.5 Å². The molecule has 0 radical (unpaired) electrons. The molecule has 11 aromatic rings. The highest BCUT2D eigenvalue weighted by Gasteiger charge is 2.20. The Hall–Kier alpha value is -9.10. The highest BCUT2D eigenvalue weighted by atomic mass is 14.2. The summed E-state index contributed by atoms with van der Waals surface area (Å²) in [7, 11) is 0. The lowest BCUT2D eigenvalue weighted by Crippen LogP contribution is -2.03. The van der Waals surface area contributed by atoms with Gasteiger partial charge in [-0.25, -0.2) is 0 Å². The van der Waals surface area contributed by atoms with Crippen LogP contribution in [0.2, 0.25) is 0 Å². The van der Waals surface area contributed by atoms with Gasteiger partial charge < -0.3 is 0 Å². The first-order valence-electron chi connectivity index (χ1n) is 24.5. The Morgan fingerprint density at radius 1 is 0.155 bits per heavy atom. The minimum atomic E-state index is 0.0741. The highest BCUT2D eigenvalue weighted by Crippen LogP contribution is 2.40. The third-order valence-corrected chi connectivity index (χ3v) is 13.5. The van der Waals surface area contributed by atoms with Gasteiger partial charge in [0.2, 0.25) is 0 Å². The standard InChI is InChI=1S/C71H52/c1-8-22-56(23-9-1)67(63-44-36-52(37-45-63)54-40-48-65(49-41-54)70(61-32-18-6-19-33-61)68(57-24-10-2-11-25-57)58-26-12-3-13-27-58)64-46-38-53(39-47-64)55-42-50-66(51-43-55)71(62-34-20-7-21-35-62)69(59-28-14-4-15-29-59)60-30-16-5-17-31-60/h1-51,67H. The molecule has 0 amide bonds. The van der Waals surface area contributed by atoms with E-state index in [1.807, 2.05) is 0 Å². The summed E-state index contributed by atoms with van der Waals surface area (Å²) in [5.74, 6) is 0.0741. The Bertz CT molecular complexity index is 3200. The maximum absolute atomic E-state index is 2.31. The van der Waals surface area contributed by atoms with Gasteiger partial charge in [0.05, 0.1) is 0 Å². The lowest BCUT2D eigenvalue weighted by atomic mass is 9.83. The molecule has 0 aliphatic carbocycles. The summed E-state index contributed by atoms with van der Waals surface area (Å²) in [6.45, 7) is 0. The molecule has 71 heavy (non-hydrogen) atoms. The van der Waals surface area contributed by atoms with Crippen LogP contribution < -0.4 is 0 Å². The van der Waals surface area contributed by atoms with Gasteiger partial charge in [0, 0.05) is 5.92 Å². The van der Waals surface area contributed by atoms with E-state index in [2.05, 4.69) is 309 Å². The van der Waals surface area contributed by atoms with Crippen molar-refractivity contribution >= 4 is 22.3 Å². The zero-order valence-electron chi connectivity index (χ0n) is 39.5. The van der Waals surface area contributed by atoms with Crippen LogP contribution in [0.5, 0.6) is 0 Å². The minimum absolute atomic E-state index is 0.0741. The third-order valence-electron chi connectivity index (χ3n) is 13.5. The van der Waals surface area contributed by atoms with Crippen molar-refractivity contribution in [3.8, 4) is 22.3 Å². The van der Waals surface area contributed by atoms with Crippen LogP contribution in [0.1, 0.15) is 67.1 Å². The molecule has 0 fully saturated rings. The van der Waals surface area contributed by atoms with Gasteiger partial charge in [-0.1, -0.05) is 309 Å². The van der Waals surface area contributed by atoms with Crippen LogP contribution in [0.15, 0.2) is 309 Å². The second-order valence-corrected chi connectivity index (χ2v) is 17.9. The summed E-state index contributed by atoms with van der Waals surface area (Å²) >= 11 is 0. The van der Waals surface area contributed by atoms with Gasteiger partial charge in [-0.3, -0.25) is 0 Å². The molecule has 0 heterocycles. The van der Waals surface area contributed by atoms with Gasteiger partial charge in [0.1, 0.15) is 0 Å². The van der Waals surface area contributed by atoms with Gasteiger partial charge in [-0.2, -0.15) is 0 Å². The molecule has 0 spiro atoms. The molecule has 0 saturated heterocycles. The van der Waals surface area contributed by atoms with Crippen LogP contribution in [-0.2, 0) is 0 Å². The van der Waals surface area contributed by atoms with Crippen molar-refractivity contribution in [1.29, 1.82) is 0 Å². The fourth-order valence-corrected chi connectivity index (χ4v) is 10.1. The topological polar surface area (TPSA) is 0 Å². The van der Waals surface area contributed by atoms with Crippen molar-refractivity contribution in [2.75, 3.05) is 0 Å². The summed E-state index contributed by atoms with van der Waals surface area (Å²) in [6.07, 6.45) is 0. The lowest BCUT2D eigenvalue weighted by molar-refractivity contribution is 0.978. The Morgan fingerprint density at radius 3 is 0.549 bits per heavy atom. The van der Waals surface area contributed by atoms with E-state index < -0.39 is 0 Å². The first-order chi connectivity index (χ1) is 35.2. The summed E-state index contributed by atoms with van der Waals surface area (Å²) in [5, 5.41) is 0. The maximum atomic E-state index is 2.31. The first-order valence-corrected chi connectivity index (χ1v) is 24.5. The molecule has 11 aromatic carbocycles. The Labute approximate surface area is 418 Å². The molecule has 0 aromatic heterocycles. The summed E-state index contributed by atoms with van der Waals surface area (Å²) in [5.41, 5.74) is 22.9. The smallest absolute Gasteiger partial charge is 0.0340 e. The maximum Gasteiger partial charge on any atom is 0.0340 e. The van der Waals surface area contributed by atoms with E-state index in [0.29, 0.717) is 0 Å². The predicted octanol–water partition coefficient (Wildman–Crippen LogP) is 18.2. The number of hydrogen-bond acceptors (Lipinski definition) is 0. The molecular formula is C71H52. The average Bonchev–Trinajstić information content (AvgIpc) is 3.46. The molecule has 0 atom stereocenters. The van der Waals surface area contributed by atoms with E-state index in [9.17, 15) is 0 Å². The SMILES string of the molecule is c1ccc(C(=C(c2ccccc2)c2ccc(-c3ccc(C(c4ccccc4)c4ccc(-c5ccc(C(=C(c6ccccc6)c6ccccc6)c6ccccc6)cc5)cc4)cc3)cc2)c2ccccc2)cc1. The van der Waals surface area contributed by atoms with E-state index in [1.165, 1.54) is 106 Å². The number of rotatable bonds is 13. The van der Waals surface area contributed by atoms with E-state index >= 15 is 0 Å². The minimum Gasteiger partial charge on any atom is -0.0622 e. The molecule has 0 heteroatoms. The molecule has 11 rings (SSSR count). The zero-order valence-corrected chi connectivity index (χ0v) is 39.5. The second kappa shape index (κ2) is 21.0.